The van der Waals surface area contributed by atoms with Gasteiger partial charge in [0.15, 0.2) is 11.5 Å². The van der Waals surface area contributed by atoms with Crippen molar-refractivity contribution in [1.29, 1.82) is 0 Å². The fourth-order valence-electron chi connectivity index (χ4n) is 2.82. The first kappa shape index (κ1) is 24.7. The van der Waals surface area contributed by atoms with Crippen LogP contribution in [0.15, 0.2) is 59.7 Å². The van der Waals surface area contributed by atoms with Gasteiger partial charge in [-0.2, -0.15) is 5.10 Å². The van der Waals surface area contributed by atoms with Crippen LogP contribution in [0.5, 0.6) is 17.2 Å². The Morgan fingerprint density at radius 1 is 0.939 bits per heavy atom. The Bertz CT molecular complexity index is 1170. The highest BCUT2D eigenvalue weighted by Crippen LogP contribution is 2.29. The molecule has 172 valence electrons. The number of rotatable bonds is 9. The van der Waals surface area contributed by atoms with Crippen molar-refractivity contribution in [2.24, 2.45) is 5.10 Å². The van der Waals surface area contributed by atoms with Crippen molar-refractivity contribution in [2.75, 3.05) is 13.7 Å². The van der Waals surface area contributed by atoms with Crippen LogP contribution in [0.4, 0.5) is 0 Å². The van der Waals surface area contributed by atoms with Gasteiger partial charge in [-0.1, -0.05) is 40.9 Å². The van der Waals surface area contributed by atoms with E-state index in [1.54, 1.807) is 54.6 Å². The molecule has 3 aromatic rings. The molecule has 33 heavy (non-hydrogen) atoms. The standard InChI is InChI=1S/C24H21Cl3N2O4/c1-3-32-22-9-6-16(11-23(22)31-2)24(30)29-28-13-15-4-8-21(20(27)10-15)33-14-17-5-7-18(25)12-19(17)26/h4-13H,3,14H2,1-2H3,(H,29,30)/b28-13+. The SMILES string of the molecule is CCOc1ccc(C(=O)N/N=C/c2ccc(OCc3ccc(Cl)cc3Cl)c(Cl)c2)cc1OC. The number of nitrogens with one attached hydrogen (secondary N) is 1. The fraction of sp³-hybridized carbons (Fsp3) is 0.167. The molecule has 6 nitrogen and oxygen atoms in total. The Morgan fingerprint density at radius 2 is 1.73 bits per heavy atom. The summed E-state index contributed by atoms with van der Waals surface area (Å²) in [7, 11) is 1.51. The number of benzene rings is 3. The van der Waals surface area contributed by atoms with E-state index in [2.05, 4.69) is 10.5 Å². The van der Waals surface area contributed by atoms with Gasteiger partial charge in [0.25, 0.3) is 5.91 Å². The maximum atomic E-state index is 12.4. The summed E-state index contributed by atoms with van der Waals surface area (Å²) in [6, 6.07) is 15.2. The van der Waals surface area contributed by atoms with Crippen LogP contribution in [0.3, 0.4) is 0 Å². The predicted octanol–water partition coefficient (Wildman–Crippen LogP) is 6.40. The van der Waals surface area contributed by atoms with Crippen LogP contribution < -0.4 is 19.6 Å². The van der Waals surface area contributed by atoms with Crippen LogP contribution in [-0.4, -0.2) is 25.8 Å². The second-order valence-electron chi connectivity index (χ2n) is 6.71. The van der Waals surface area contributed by atoms with Gasteiger partial charge >= 0.3 is 0 Å². The van der Waals surface area contributed by atoms with Gasteiger partial charge in [-0.25, -0.2) is 5.43 Å². The molecule has 0 unspecified atom stereocenters. The molecule has 0 fully saturated rings. The average Bonchev–Trinajstić information content (AvgIpc) is 2.80. The molecule has 0 heterocycles. The molecule has 3 aromatic carbocycles. The summed E-state index contributed by atoms with van der Waals surface area (Å²) < 4.78 is 16.5. The number of hydrogen-bond acceptors (Lipinski definition) is 5. The van der Waals surface area contributed by atoms with E-state index in [0.29, 0.717) is 50.1 Å². The van der Waals surface area contributed by atoms with Gasteiger partial charge in [0.05, 0.1) is 25.0 Å². The van der Waals surface area contributed by atoms with Crippen molar-refractivity contribution in [1.82, 2.24) is 5.43 Å². The maximum Gasteiger partial charge on any atom is 0.271 e. The lowest BCUT2D eigenvalue weighted by Crippen LogP contribution is -2.17. The molecule has 9 heteroatoms. The number of halogens is 3. The molecule has 0 spiro atoms. The van der Waals surface area contributed by atoms with E-state index < -0.39 is 5.91 Å². The Balaban J connectivity index is 1.60. The number of ether oxygens (including phenoxy) is 3. The van der Waals surface area contributed by atoms with E-state index in [4.69, 9.17) is 49.0 Å². The molecular formula is C24H21Cl3N2O4. The monoisotopic (exact) mass is 506 g/mol. The minimum Gasteiger partial charge on any atom is -0.493 e. The van der Waals surface area contributed by atoms with E-state index in [0.717, 1.165) is 5.56 Å². The molecule has 0 atom stereocenters. The lowest BCUT2D eigenvalue weighted by atomic mass is 10.2. The number of carbonyl (C=O) groups excluding carboxylic acids is 1. The summed E-state index contributed by atoms with van der Waals surface area (Å²) in [5, 5.41) is 5.46. The Kier molecular flexibility index (Phi) is 8.83. The van der Waals surface area contributed by atoms with Gasteiger partial charge < -0.3 is 14.2 Å². The van der Waals surface area contributed by atoms with Crippen LogP contribution in [0.2, 0.25) is 15.1 Å². The van der Waals surface area contributed by atoms with E-state index in [9.17, 15) is 4.79 Å². The highest BCUT2D eigenvalue weighted by Gasteiger charge is 2.11. The van der Waals surface area contributed by atoms with Crippen LogP contribution in [0.1, 0.15) is 28.4 Å². The molecule has 1 amide bonds. The smallest absolute Gasteiger partial charge is 0.271 e. The van der Waals surface area contributed by atoms with Gasteiger partial charge in [0.1, 0.15) is 12.4 Å². The summed E-state index contributed by atoms with van der Waals surface area (Å²) in [5.41, 5.74) is 4.33. The zero-order valence-electron chi connectivity index (χ0n) is 17.9. The molecule has 0 radical (unpaired) electrons. The first-order valence-electron chi connectivity index (χ1n) is 9.91. The number of methoxy groups -OCH3 is 1. The van der Waals surface area contributed by atoms with Gasteiger partial charge in [0.2, 0.25) is 0 Å². The minimum absolute atomic E-state index is 0.241. The summed E-state index contributed by atoms with van der Waals surface area (Å²) >= 11 is 18.4. The Labute approximate surface area is 207 Å². The molecule has 0 saturated heterocycles. The number of amides is 1. The number of nitrogens with zero attached hydrogens (tertiary/aromatic N) is 1. The summed E-state index contributed by atoms with van der Waals surface area (Å²) in [4.78, 5) is 12.4. The van der Waals surface area contributed by atoms with E-state index >= 15 is 0 Å². The molecule has 0 aliphatic rings. The van der Waals surface area contributed by atoms with E-state index in [-0.39, 0.29) is 6.61 Å². The number of hydrazone groups is 1. The summed E-state index contributed by atoms with van der Waals surface area (Å²) in [6.07, 6.45) is 1.48. The molecular weight excluding hydrogens is 487 g/mol. The molecule has 0 aromatic heterocycles. The highest BCUT2D eigenvalue weighted by molar-refractivity contribution is 6.35. The summed E-state index contributed by atoms with van der Waals surface area (Å²) in [5.74, 6) is 1.13. The van der Waals surface area contributed by atoms with E-state index in [1.807, 2.05) is 6.92 Å². The third-order valence-corrected chi connectivity index (χ3v) is 5.34. The zero-order valence-corrected chi connectivity index (χ0v) is 20.2. The quantitative estimate of drug-likeness (QED) is 0.269. The first-order valence-corrected chi connectivity index (χ1v) is 11.0. The lowest BCUT2D eigenvalue weighted by molar-refractivity contribution is 0.0954. The second kappa shape index (κ2) is 11.8. The molecule has 1 N–H and O–H groups in total. The van der Waals surface area contributed by atoms with Crippen molar-refractivity contribution in [2.45, 2.75) is 13.5 Å². The Morgan fingerprint density at radius 3 is 2.42 bits per heavy atom. The third-order valence-electron chi connectivity index (χ3n) is 4.46. The lowest BCUT2D eigenvalue weighted by Gasteiger charge is -2.10. The van der Waals surface area contributed by atoms with Crippen molar-refractivity contribution in [3.63, 3.8) is 0 Å². The van der Waals surface area contributed by atoms with Gasteiger partial charge in [-0.15, -0.1) is 0 Å². The number of hydrogen-bond donors (Lipinski definition) is 1. The molecule has 0 aliphatic heterocycles. The predicted molar refractivity (Wildman–Crippen MR) is 131 cm³/mol. The maximum absolute atomic E-state index is 12.4. The van der Waals surface area contributed by atoms with Crippen LogP contribution >= 0.6 is 34.8 Å². The van der Waals surface area contributed by atoms with Crippen molar-refractivity contribution >= 4 is 46.9 Å². The van der Waals surface area contributed by atoms with E-state index in [1.165, 1.54) is 13.3 Å². The molecule has 0 aliphatic carbocycles. The average molecular weight is 508 g/mol. The zero-order chi connectivity index (χ0) is 23.8. The highest BCUT2D eigenvalue weighted by atomic mass is 35.5. The first-order chi connectivity index (χ1) is 15.9. The van der Waals surface area contributed by atoms with Gasteiger partial charge in [0, 0.05) is 21.2 Å². The molecule has 3 rings (SSSR count). The Hall–Kier alpha value is -2.93. The van der Waals surface area contributed by atoms with Crippen LogP contribution in [0, 0.1) is 0 Å². The molecule has 0 saturated carbocycles. The number of carbonyl (C=O) groups is 1. The fourth-order valence-corrected chi connectivity index (χ4v) is 3.53. The van der Waals surface area contributed by atoms with Crippen molar-refractivity contribution in [3.8, 4) is 17.2 Å². The molecule has 0 bridgehead atoms. The normalized spacial score (nSPS) is 10.8. The largest absolute Gasteiger partial charge is 0.493 e. The van der Waals surface area contributed by atoms with Crippen LogP contribution in [-0.2, 0) is 6.61 Å². The minimum atomic E-state index is -0.390. The van der Waals surface area contributed by atoms with Gasteiger partial charge in [-0.3, -0.25) is 4.79 Å². The van der Waals surface area contributed by atoms with Crippen molar-refractivity contribution < 1.29 is 19.0 Å². The van der Waals surface area contributed by atoms with Gasteiger partial charge in [-0.05, 0) is 61.0 Å². The van der Waals surface area contributed by atoms with Crippen molar-refractivity contribution in [3.05, 3.63) is 86.4 Å². The topological polar surface area (TPSA) is 69.2 Å². The van der Waals surface area contributed by atoms with Crippen LogP contribution in [0.25, 0.3) is 0 Å². The summed E-state index contributed by atoms with van der Waals surface area (Å²) in [6.45, 7) is 2.60. The second-order valence-corrected chi connectivity index (χ2v) is 7.96. The third kappa shape index (κ3) is 6.78.